The highest BCUT2D eigenvalue weighted by Gasteiger charge is 2.33. The van der Waals surface area contributed by atoms with Crippen LogP contribution in [0, 0.1) is 11.7 Å². The first-order valence-corrected chi connectivity index (χ1v) is 9.76. The van der Waals surface area contributed by atoms with Crippen molar-refractivity contribution in [2.24, 2.45) is 10.9 Å². The summed E-state index contributed by atoms with van der Waals surface area (Å²) in [4.78, 5) is 19.8. The molecule has 2 heterocycles. The lowest BCUT2D eigenvalue weighted by Gasteiger charge is -2.17. The average Bonchev–Trinajstić information content (AvgIpc) is 3.23. The van der Waals surface area contributed by atoms with Crippen LogP contribution in [0.2, 0.25) is 0 Å². The standard InChI is InChI=1S/C21H19FN2O3S/c1-13(2)11-24-20(25)19(10-14-3-8-17-18(9-14)27-12-26-17)28-21(24)23-16-6-4-15(22)5-7-16/h3-10,13H,11-12H2,1-2H3/b19-10+,23-21?. The minimum atomic E-state index is -0.318. The number of rotatable bonds is 4. The largest absolute Gasteiger partial charge is 0.454 e. The maximum Gasteiger partial charge on any atom is 0.266 e. The second kappa shape index (κ2) is 7.67. The molecule has 0 N–H and O–H groups in total. The first-order chi connectivity index (χ1) is 13.5. The Morgan fingerprint density at radius 1 is 1.18 bits per heavy atom. The number of amides is 1. The molecule has 2 aliphatic rings. The van der Waals surface area contributed by atoms with Crippen LogP contribution in [0.1, 0.15) is 19.4 Å². The summed E-state index contributed by atoms with van der Waals surface area (Å²) in [6.07, 6.45) is 1.83. The van der Waals surface area contributed by atoms with Gasteiger partial charge >= 0.3 is 0 Å². The van der Waals surface area contributed by atoms with E-state index in [0.29, 0.717) is 33.8 Å². The Morgan fingerprint density at radius 2 is 1.93 bits per heavy atom. The number of halogens is 1. The van der Waals surface area contributed by atoms with Crippen LogP contribution in [0.15, 0.2) is 52.4 Å². The molecule has 144 valence electrons. The molecule has 2 aromatic carbocycles. The highest BCUT2D eigenvalue weighted by Crippen LogP contribution is 2.37. The molecular weight excluding hydrogens is 379 g/mol. The van der Waals surface area contributed by atoms with Crippen molar-refractivity contribution in [2.45, 2.75) is 13.8 Å². The lowest BCUT2D eigenvalue weighted by molar-refractivity contribution is -0.122. The van der Waals surface area contributed by atoms with Crippen LogP contribution in [0.5, 0.6) is 11.5 Å². The zero-order chi connectivity index (χ0) is 19.7. The van der Waals surface area contributed by atoms with E-state index in [2.05, 4.69) is 4.99 Å². The molecule has 0 spiro atoms. The van der Waals surface area contributed by atoms with Gasteiger partial charge in [-0.1, -0.05) is 19.9 Å². The topological polar surface area (TPSA) is 51.1 Å². The Bertz CT molecular complexity index is 970. The van der Waals surface area contributed by atoms with Crippen LogP contribution in [-0.4, -0.2) is 29.3 Å². The Labute approximate surface area is 166 Å². The van der Waals surface area contributed by atoms with Crippen molar-refractivity contribution in [3.63, 3.8) is 0 Å². The van der Waals surface area contributed by atoms with E-state index in [4.69, 9.17) is 9.47 Å². The molecule has 1 fully saturated rings. The van der Waals surface area contributed by atoms with E-state index in [0.717, 1.165) is 5.56 Å². The summed E-state index contributed by atoms with van der Waals surface area (Å²) in [6, 6.07) is 11.5. The molecule has 7 heteroatoms. The van der Waals surface area contributed by atoms with Crippen molar-refractivity contribution in [3.05, 3.63) is 58.8 Å². The maximum absolute atomic E-state index is 13.2. The molecule has 0 radical (unpaired) electrons. The summed E-state index contributed by atoms with van der Waals surface area (Å²) >= 11 is 1.32. The maximum atomic E-state index is 13.2. The van der Waals surface area contributed by atoms with Crippen LogP contribution >= 0.6 is 11.8 Å². The van der Waals surface area contributed by atoms with Gasteiger partial charge in [-0.05, 0) is 65.7 Å². The Kier molecular flexibility index (Phi) is 5.09. The van der Waals surface area contributed by atoms with Gasteiger partial charge < -0.3 is 9.47 Å². The van der Waals surface area contributed by atoms with E-state index in [9.17, 15) is 9.18 Å². The summed E-state index contributed by atoms with van der Waals surface area (Å²) in [6.45, 7) is 4.87. The quantitative estimate of drug-likeness (QED) is 0.694. The third kappa shape index (κ3) is 3.89. The van der Waals surface area contributed by atoms with E-state index >= 15 is 0 Å². The van der Waals surface area contributed by atoms with Crippen molar-refractivity contribution < 1.29 is 18.7 Å². The molecule has 2 aromatic rings. The first-order valence-electron chi connectivity index (χ1n) is 8.95. The number of thioether (sulfide) groups is 1. The number of nitrogens with zero attached hydrogens (tertiary/aromatic N) is 2. The number of aliphatic imine (C=N–C) groups is 1. The molecule has 4 rings (SSSR count). The molecule has 1 saturated heterocycles. The van der Waals surface area contributed by atoms with Gasteiger partial charge in [0.25, 0.3) is 5.91 Å². The number of ether oxygens (including phenoxy) is 2. The zero-order valence-corrected chi connectivity index (χ0v) is 16.3. The highest BCUT2D eigenvalue weighted by molar-refractivity contribution is 8.18. The molecule has 0 aromatic heterocycles. The van der Waals surface area contributed by atoms with Crippen LogP contribution in [0.4, 0.5) is 10.1 Å². The number of amidine groups is 1. The molecule has 5 nitrogen and oxygen atoms in total. The van der Waals surface area contributed by atoms with Crippen LogP contribution in [-0.2, 0) is 4.79 Å². The van der Waals surface area contributed by atoms with E-state index in [1.54, 1.807) is 17.0 Å². The van der Waals surface area contributed by atoms with Gasteiger partial charge in [0.1, 0.15) is 5.82 Å². The lowest BCUT2D eigenvalue weighted by Crippen LogP contribution is -2.32. The minimum absolute atomic E-state index is 0.0859. The van der Waals surface area contributed by atoms with Crippen molar-refractivity contribution >= 4 is 34.6 Å². The zero-order valence-electron chi connectivity index (χ0n) is 15.5. The normalized spacial score (nSPS) is 18.7. The van der Waals surface area contributed by atoms with Crippen molar-refractivity contribution in [1.82, 2.24) is 4.90 Å². The number of benzene rings is 2. The number of fused-ring (bicyclic) bond motifs is 1. The molecule has 2 aliphatic heterocycles. The third-order valence-corrected chi connectivity index (χ3v) is 5.19. The smallest absolute Gasteiger partial charge is 0.266 e. The number of hydrogen-bond donors (Lipinski definition) is 0. The fourth-order valence-corrected chi connectivity index (χ4v) is 3.91. The van der Waals surface area contributed by atoms with Gasteiger partial charge in [-0.3, -0.25) is 9.69 Å². The fraction of sp³-hybridized carbons (Fsp3) is 0.238. The molecule has 0 bridgehead atoms. The lowest BCUT2D eigenvalue weighted by atomic mass is 10.1. The number of carbonyl (C=O) groups excluding carboxylic acids is 1. The summed E-state index contributed by atoms with van der Waals surface area (Å²) in [5.41, 5.74) is 1.46. The molecule has 1 amide bonds. The molecule has 0 atom stereocenters. The molecule has 0 aliphatic carbocycles. The number of carbonyl (C=O) groups is 1. The monoisotopic (exact) mass is 398 g/mol. The highest BCUT2D eigenvalue weighted by atomic mass is 32.2. The summed E-state index contributed by atoms with van der Waals surface area (Å²) in [7, 11) is 0. The van der Waals surface area contributed by atoms with Gasteiger partial charge in [-0.15, -0.1) is 0 Å². The summed E-state index contributed by atoms with van der Waals surface area (Å²) in [5.74, 6) is 1.25. The van der Waals surface area contributed by atoms with Crippen molar-refractivity contribution in [3.8, 4) is 11.5 Å². The first kappa shape index (κ1) is 18.6. The predicted molar refractivity (Wildman–Crippen MR) is 108 cm³/mol. The van der Waals surface area contributed by atoms with E-state index in [-0.39, 0.29) is 24.4 Å². The van der Waals surface area contributed by atoms with Crippen LogP contribution in [0.25, 0.3) is 6.08 Å². The van der Waals surface area contributed by atoms with E-state index in [1.165, 1.54) is 23.9 Å². The second-order valence-electron chi connectivity index (χ2n) is 6.90. The van der Waals surface area contributed by atoms with Crippen LogP contribution < -0.4 is 9.47 Å². The van der Waals surface area contributed by atoms with Gasteiger partial charge in [0.05, 0.1) is 10.6 Å². The number of hydrogen-bond acceptors (Lipinski definition) is 5. The molecular formula is C21H19FN2O3S. The molecule has 0 unspecified atom stereocenters. The van der Waals surface area contributed by atoms with Gasteiger partial charge in [-0.2, -0.15) is 0 Å². The Morgan fingerprint density at radius 3 is 2.68 bits per heavy atom. The van der Waals surface area contributed by atoms with E-state index in [1.807, 2.05) is 38.1 Å². The van der Waals surface area contributed by atoms with Gasteiger partial charge in [0.15, 0.2) is 16.7 Å². The molecule has 28 heavy (non-hydrogen) atoms. The van der Waals surface area contributed by atoms with Crippen molar-refractivity contribution in [2.75, 3.05) is 13.3 Å². The second-order valence-corrected chi connectivity index (χ2v) is 7.91. The van der Waals surface area contributed by atoms with Gasteiger partial charge in [0, 0.05) is 6.54 Å². The predicted octanol–water partition coefficient (Wildman–Crippen LogP) is 4.81. The Balaban J connectivity index is 1.65. The van der Waals surface area contributed by atoms with Gasteiger partial charge in [-0.25, -0.2) is 9.38 Å². The average molecular weight is 398 g/mol. The molecule has 0 saturated carbocycles. The fourth-order valence-electron chi connectivity index (χ4n) is 2.90. The summed E-state index contributed by atoms with van der Waals surface area (Å²) < 4.78 is 23.9. The van der Waals surface area contributed by atoms with Gasteiger partial charge in [0.2, 0.25) is 6.79 Å². The SMILES string of the molecule is CC(C)CN1C(=O)/C(=C\c2ccc3c(c2)OCO3)SC1=Nc1ccc(F)cc1. The Hall–Kier alpha value is -2.80. The van der Waals surface area contributed by atoms with E-state index < -0.39 is 0 Å². The van der Waals surface area contributed by atoms with Crippen LogP contribution in [0.3, 0.4) is 0 Å². The minimum Gasteiger partial charge on any atom is -0.454 e. The summed E-state index contributed by atoms with van der Waals surface area (Å²) in [5, 5.41) is 0.595. The third-order valence-electron chi connectivity index (χ3n) is 4.18. The van der Waals surface area contributed by atoms with Crippen molar-refractivity contribution in [1.29, 1.82) is 0 Å².